The van der Waals surface area contributed by atoms with Gasteiger partial charge in [-0.1, -0.05) is 73.1 Å². The molecule has 20 heavy (non-hydrogen) atoms. The van der Waals surface area contributed by atoms with Gasteiger partial charge in [0.2, 0.25) is 0 Å². The molecule has 1 nitrogen and oxygen atoms in total. The van der Waals surface area contributed by atoms with Gasteiger partial charge >= 0.3 is 0 Å². The lowest BCUT2D eigenvalue weighted by molar-refractivity contribution is -0.915. The minimum Gasteiger partial charge on any atom is -0.326 e. The van der Waals surface area contributed by atoms with Gasteiger partial charge in [-0.15, -0.1) is 0 Å². The Balaban J connectivity index is 3.79. The monoisotopic (exact) mass is 284 g/mol. The van der Waals surface area contributed by atoms with Crippen LogP contribution in [0.15, 0.2) is 0 Å². The van der Waals surface area contributed by atoms with Crippen LogP contribution in [0.4, 0.5) is 0 Å². The number of hydrogen-bond donors (Lipinski definition) is 0. The van der Waals surface area contributed by atoms with E-state index in [-0.39, 0.29) is 0 Å². The van der Waals surface area contributed by atoms with Crippen LogP contribution in [0.2, 0.25) is 0 Å². The first-order chi connectivity index (χ1) is 9.39. The fraction of sp³-hybridized carbons (Fsp3) is 1.00. The first kappa shape index (κ1) is 20.0. The Bertz CT molecular complexity index is 198. The van der Waals surface area contributed by atoms with E-state index in [0.717, 1.165) is 11.8 Å². The van der Waals surface area contributed by atoms with Crippen LogP contribution in [-0.2, 0) is 0 Å². The van der Waals surface area contributed by atoms with E-state index in [1.165, 1.54) is 75.5 Å². The van der Waals surface area contributed by atoms with Crippen LogP contribution in [0.3, 0.4) is 0 Å². The predicted octanol–water partition coefficient (Wildman–Crippen LogP) is 5.89. The van der Waals surface area contributed by atoms with Gasteiger partial charge in [0.05, 0.1) is 26.7 Å². The largest absolute Gasteiger partial charge is 0.326 e. The molecule has 0 aromatic rings. The molecule has 0 rings (SSSR count). The van der Waals surface area contributed by atoms with Crippen LogP contribution in [0.1, 0.15) is 86.0 Å². The summed E-state index contributed by atoms with van der Waals surface area (Å²) in [5.41, 5.74) is 0. The second kappa shape index (κ2) is 11.6. The molecule has 0 radical (unpaired) electrons. The molecule has 122 valence electrons. The summed E-state index contributed by atoms with van der Waals surface area (Å²) in [5, 5.41) is 0. The molecule has 0 N–H and O–H groups in total. The second-order valence-corrected chi connectivity index (χ2v) is 7.97. The van der Waals surface area contributed by atoms with Crippen LogP contribution in [0.5, 0.6) is 0 Å². The Kier molecular flexibility index (Phi) is 11.6. The Hall–Kier alpha value is -0.0400. The Labute approximate surface area is 129 Å². The maximum Gasteiger partial charge on any atom is 0.0807 e. The smallest absolute Gasteiger partial charge is 0.0807 e. The molecule has 1 heteroatoms. The molecule has 0 unspecified atom stereocenters. The Morgan fingerprint density at radius 1 is 0.650 bits per heavy atom. The van der Waals surface area contributed by atoms with Gasteiger partial charge in [0, 0.05) is 11.8 Å². The number of nitrogens with zero attached hydrogens (tertiary/aromatic N) is 1. The lowest BCUT2D eigenvalue weighted by Gasteiger charge is -2.37. The standard InChI is InChI=1S/C19H42N/c1-7-8-9-10-11-12-13-14-15-20(6,16-18(2)3)17-19(4)5/h18-19H,7-17H2,1-6H3/q+1. The fourth-order valence-electron chi connectivity index (χ4n) is 3.65. The maximum absolute atomic E-state index is 2.47. The van der Waals surface area contributed by atoms with E-state index in [1.807, 2.05) is 0 Å². The third-order valence-corrected chi connectivity index (χ3v) is 4.16. The second-order valence-electron chi connectivity index (χ2n) is 7.97. The summed E-state index contributed by atoms with van der Waals surface area (Å²) in [4.78, 5) is 0. The average Bonchev–Trinajstić information content (AvgIpc) is 2.30. The molecule has 0 atom stereocenters. The van der Waals surface area contributed by atoms with Gasteiger partial charge in [0.1, 0.15) is 0 Å². The van der Waals surface area contributed by atoms with Crippen molar-refractivity contribution in [2.24, 2.45) is 11.8 Å². The molecule has 0 amide bonds. The SMILES string of the molecule is CCCCCCCCCC[N+](C)(CC(C)C)CC(C)C. The maximum atomic E-state index is 2.47. The minimum absolute atomic E-state index is 0.813. The highest BCUT2D eigenvalue weighted by atomic mass is 15.3. The van der Waals surface area contributed by atoms with E-state index >= 15 is 0 Å². The highest BCUT2D eigenvalue weighted by Gasteiger charge is 2.23. The van der Waals surface area contributed by atoms with E-state index in [9.17, 15) is 0 Å². The van der Waals surface area contributed by atoms with Crippen LogP contribution >= 0.6 is 0 Å². The van der Waals surface area contributed by atoms with Gasteiger partial charge in [0.25, 0.3) is 0 Å². The molecule has 0 aliphatic carbocycles. The molecular formula is C19H42N+. The zero-order chi connectivity index (χ0) is 15.4. The highest BCUT2D eigenvalue weighted by Crippen LogP contribution is 2.16. The summed E-state index contributed by atoms with van der Waals surface area (Å²) >= 11 is 0. The topological polar surface area (TPSA) is 0 Å². The van der Waals surface area contributed by atoms with Crippen molar-refractivity contribution < 1.29 is 4.48 Å². The lowest BCUT2D eigenvalue weighted by Crippen LogP contribution is -2.49. The van der Waals surface area contributed by atoms with E-state index in [1.54, 1.807) is 0 Å². The van der Waals surface area contributed by atoms with Gasteiger partial charge in [-0.05, 0) is 12.8 Å². The zero-order valence-corrected chi connectivity index (χ0v) is 15.4. The quantitative estimate of drug-likeness (QED) is 0.292. The average molecular weight is 285 g/mol. The van der Waals surface area contributed by atoms with Gasteiger partial charge in [0.15, 0.2) is 0 Å². The van der Waals surface area contributed by atoms with Crippen LogP contribution < -0.4 is 0 Å². The highest BCUT2D eigenvalue weighted by molar-refractivity contribution is 4.51. The zero-order valence-electron chi connectivity index (χ0n) is 15.4. The van der Waals surface area contributed by atoms with E-state index in [0.29, 0.717) is 0 Å². The molecule has 0 bridgehead atoms. The van der Waals surface area contributed by atoms with Crippen molar-refractivity contribution in [3.05, 3.63) is 0 Å². The molecule has 0 heterocycles. The summed E-state index contributed by atoms with van der Waals surface area (Å²) in [7, 11) is 2.47. The Morgan fingerprint density at radius 3 is 1.45 bits per heavy atom. The third-order valence-electron chi connectivity index (χ3n) is 4.16. The van der Waals surface area contributed by atoms with Crippen molar-refractivity contribution in [1.29, 1.82) is 0 Å². The van der Waals surface area contributed by atoms with E-state index in [2.05, 4.69) is 41.7 Å². The van der Waals surface area contributed by atoms with Crippen molar-refractivity contribution in [3.8, 4) is 0 Å². The molecule has 0 aromatic carbocycles. The molecule has 0 saturated heterocycles. The van der Waals surface area contributed by atoms with Gasteiger partial charge < -0.3 is 4.48 Å². The molecule has 0 fully saturated rings. The van der Waals surface area contributed by atoms with Gasteiger partial charge in [-0.3, -0.25) is 0 Å². The van der Waals surface area contributed by atoms with E-state index < -0.39 is 0 Å². The van der Waals surface area contributed by atoms with Crippen molar-refractivity contribution in [1.82, 2.24) is 0 Å². The lowest BCUT2D eigenvalue weighted by atomic mass is 10.1. The molecule has 0 aromatic heterocycles. The first-order valence-electron chi connectivity index (χ1n) is 9.23. The normalized spacial score (nSPS) is 12.6. The van der Waals surface area contributed by atoms with Crippen LogP contribution in [-0.4, -0.2) is 31.2 Å². The molecule has 0 saturated carbocycles. The molecule has 0 aliphatic heterocycles. The third kappa shape index (κ3) is 11.8. The minimum atomic E-state index is 0.813. The van der Waals surface area contributed by atoms with Crippen LogP contribution in [0, 0.1) is 11.8 Å². The Morgan fingerprint density at radius 2 is 1.05 bits per heavy atom. The summed E-state index contributed by atoms with van der Waals surface area (Å²) in [6, 6.07) is 0. The summed E-state index contributed by atoms with van der Waals surface area (Å²) in [6.07, 6.45) is 11.5. The summed E-state index contributed by atoms with van der Waals surface area (Å²) < 4.78 is 1.28. The summed E-state index contributed by atoms with van der Waals surface area (Å²) in [6.45, 7) is 15.8. The predicted molar refractivity (Wildman–Crippen MR) is 93.1 cm³/mol. The number of unbranched alkanes of at least 4 members (excludes halogenated alkanes) is 7. The van der Waals surface area contributed by atoms with Gasteiger partial charge in [-0.2, -0.15) is 0 Å². The molecular weight excluding hydrogens is 242 g/mol. The molecule has 0 aliphatic rings. The van der Waals surface area contributed by atoms with Crippen LogP contribution in [0.25, 0.3) is 0 Å². The summed E-state index contributed by atoms with van der Waals surface area (Å²) in [5.74, 6) is 1.63. The number of hydrogen-bond acceptors (Lipinski definition) is 0. The van der Waals surface area contributed by atoms with Crippen molar-refractivity contribution in [3.63, 3.8) is 0 Å². The van der Waals surface area contributed by atoms with Crippen molar-refractivity contribution in [2.75, 3.05) is 26.7 Å². The number of rotatable bonds is 13. The van der Waals surface area contributed by atoms with Crippen molar-refractivity contribution >= 4 is 0 Å². The van der Waals surface area contributed by atoms with Crippen molar-refractivity contribution in [2.45, 2.75) is 86.0 Å². The molecule has 0 spiro atoms. The van der Waals surface area contributed by atoms with Gasteiger partial charge in [-0.25, -0.2) is 0 Å². The fourth-order valence-corrected chi connectivity index (χ4v) is 3.65. The van der Waals surface area contributed by atoms with E-state index in [4.69, 9.17) is 0 Å². The first-order valence-corrected chi connectivity index (χ1v) is 9.23. The number of quaternary nitrogens is 1.